The van der Waals surface area contributed by atoms with Crippen molar-refractivity contribution in [2.24, 2.45) is 0 Å². The summed E-state index contributed by atoms with van der Waals surface area (Å²) in [5.74, 6) is 0.0245. The molecule has 0 atom stereocenters. The molecule has 0 saturated carbocycles. The topological polar surface area (TPSA) is 40.6 Å². The first-order valence-electron chi connectivity index (χ1n) is 16.9. The molecule has 6 heteroatoms. The Morgan fingerprint density at radius 3 is 1.29 bits per heavy atom. The molecule has 2 saturated heterocycles. The van der Waals surface area contributed by atoms with Gasteiger partial charge in [0.1, 0.15) is 0 Å². The number of rotatable bonds is 13. The maximum absolute atomic E-state index is 12.8. The number of carbonyl (C=O) groups is 2. The van der Waals surface area contributed by atoms with Gasteiger partial charge < -0.3 is 18.8 Å². The van der Waals surface area contributed by atoms with Crippen LogP contribution in [-0.4, -0.2) is 111 Å². The van der Waals surface area contributed by atoms with Crippen molar-refractivity contribution in [3.8, 4) is 0 Å². The van der Waals surface area contributed by atoms with Gasteiger partial charge in [0.25, 0.3) is 0 Å². The molecule has 2 amide bonds. The van der Waals surface area contributed by atoms with E-state index in [4.69, 9.17) is 8.22 Å². The molecule has 0 aromatic carbocycles. The fourth-order valence-electron chi connectivity index (χ4n) is 5.34. The maximum Gasteiger partial charge on any atom is 0.227 e. The van der Waals surface area contributed by atoms with Crippen LogP contribution in [-0.2, 0) is 9.59 Å². The fraction of sp³-hybridized carbons (Fsp3) is 0.929. The molecular weight excluding hydrogens is 424 g/mol. The molecule has 6 nitrogen and oxygen atoms in total. The van der Waals surface area contributed by atoms with Crippen molar-refractivity contribution in [3.63, 3.8) is 0 Å². The SMILES string of the molecule is [2H]C([2H])([2H])[N+]1(CCC(=O)N(C)CCCCCCN(C)C(=O)CC[N+]2(C([2H])([2H])[2H])CCCCCC2)CCCCCC1. The van der Waals surface area contributed by atoms with E-state index in [1.165, 1.54) is 0 Å². The summed E-state index contributed by atoms with van der Waals surface area (Å²) < 4.78 is 48.7. The average molecular weight is 487 g/mol. The molecule has 0 unspecified atom stereocenters. The number of hydrogen-bond acceptors (Lipinski definition) is 2. The van der Waals surface area contributed by atoms with E-state index >= 15 is 0 Å². The highest BCUT2D eigenvalue weighted by Crippen LogP contribution is 2.18. The summed E-state index contributed by atoms with van der Waals surface area (Å²) in [7, 11) is 3.60. The van der Waals surface area contributed by atoms with Gasteiger partial charge in [-0.1, -0.05) is 12.8 Å². The molecule has 0 radical (unpaired) electrons. The Bertz CT molecular complexity index is 710. The van der Waals surface area contributed by atoms with Crippen molar-refractivity contribution < 1.29 is 26.8 Å². The van der Waals surface area contributed by atoms with E-state index in [0.717, 1.165) is 77.0 Å². The highest BCUT2D eigenvalue weighted by molar-refractivity contribution is 5.76. The molecule has 198 valence electrons. The largest absolute Gasteiger partial charge is 0.346 e. The predicted molar refractivity (Wildman–Crippen MR) is 141 cm³/mol. The first-order valence-corrected chi connectivity index (χ1v) is 13.9. The Hall–Kier alpha value is -1.14. The molecule has 0 spiro atoms. The van der Waals surface area contributed by atoms with E-state index in [2.05, 4.69) is 0 Å². The number of hydrogen-bond donors (Lipinski definition) is 0. The highest BCUT2D eigenvalue weighted by Gasteiger charge is 2.26. The lowest BCUT2D eigenvalue weighted by Crippen LogP contribution is -2.47. The van der Waals surface area contributed by atoms with E-state index in [1.54, 1.807) is 23.9 Å². The second-order valence-electron chi connectivity index (χ2n) is 11.0. The van der Waals surface area contributed by atoms with Crippen molar-refractivity contribution in [2.45, 2.75) is 89.9 Å². The van der Waals surface area contributed by atoms with E-state index in [1.807, 2.05) is 0 Å². The summed E-state index contributed by atoms with van der Waals surface area (Å²) in [5.41, 5.74) is 0. The zero-order chi connectivity index (χ0) is 29.9. The fourth-order valence-corrected chi connectivity index (χ4v) is 5.34. The number of carbonyl (C=O) groups excluding carboxylic acids is 2. The van der Waals surface area contributed by atoms with Crippen LogP contribution in [0.3, 0.4) is 0 Å². The van der Waals surface area contributed by atoms with Crippen LogP contribution in [0.15, 0.2) is 0 Å². The smallest absolute Gasteiger partial charge is 0.227 e. The summed E-state index contributed by atoms with van der Waals surface area (Å²) in [6.45, 7) is 0.416. The second-order valence-corrected chi connectivity index (χ2v) is 11.0. The zero-order valence-corrected chi connectivity index (χ0v) is 22.2. The summed E-state index contributed by atoms with van der Waals surface area (Å²) in [5, 5.41) is 0. The van der Waals surface area contributed by atoms with E-state index in [0.29, 0.717) is 52.4 Å². The minimum atomic E-state index is -2.08. The molecule has 0 aromatic rings. The van der Waals surface area contributed by atoms with Crippen LogP contribution < -0.4 is 0 Å². The number of likely N-dealkylation sites (tertiary alicyclic amines) is 2. The van der Waals surface area contributed by atoms with Gasteiger partial charge in [-0.05, 0) is 64.2 Å². The second kappa shape index (κ2) is 15.1. The molecule has 0 N–H and O–H groups in total. The van der Waals surface area contributed by atoms with Crippen LogP contribution in [0, 0.1) is 0 Å². The molecule has 34 heavy (non-hydrogen) atoms. The van der Waals surface area contributed by atoms with Crippen LogP contribution >= 0.6 is 0 Å². The molecule has 2 aliphatic heterocycles. The Labute approximate surface area is 219 Å². The maximum atomic E-state index is 12.8. The van der Waals surface area contributed by atoms with Gasteiger partial charge in [0, 0.05) is 27.2 Å². The van der Waals surface area contributed by atoms with Crippen molar-refractivity contribution in [1.82, 2.24) is 9.80 Å². The number of unbranched alkanes of at least 4 members (excludes halogenated alkanes) is 3. The zero-order valence-electron chi connectivity index (χ0n) is 28.2. The summed E-state index contributed by atoms with van der Waals surface area (Å²) in [4.78, 5) is 29.0. The molecular formula is C28H56N4O2+2. The molecule has 2 fully saturated rings. The third kappa shape index (κ3) is 11.1. The van der Waals surface area contributed by atoms with Crippen molar-refractivity contribution >= 4 is 11.8 Å². The Balaban J connectivity index is 1.65. The Morgan fingerprint density at radius 2 is 0.971 bits per heavy atom. The van der Waals surface area contributed by atoms with E-state index in [-0.39, 0.29) is 33.6 Å². The van der Waals surface area contributed by atoms with Crippen LogP contribution in [0.2, 0.25) is 0 Å². The van der Waals surface area contributed by atoms with Crippen molar-refractivity contribution in [3.05, 3.63) is 0 Å². The van der Waals surface area contributed by atoms with Crippen LogP contribution in [0.5, 0.6) is 0 Å². The van der Waals surface area contributed by atoms with Gasteiger partial charge in [0.05, 0.1) is 74.3 Å². The lowest BCUT2D eigenvalue weighted by atomic mass is 10.1. The van der Waals surface area contributed by atoms with Gasteiger partial charge in [0.2, 0.25) is 11.8 Å². The third-order valence-electron chi connectivity index (χ3n) is 7.94. The Morgan fingerprint density at radius 1 is 0.618 bits per heavy atom. The van der Waals surface area contributed by atoms with Crippen molar-refractivity contribution in [2.75, 3.05) is 80.4 Å². The lowest BCUT2D eigenvalue weighted by molar-refractivity contribution is -0.908. The van der Waals surface area contributed by atoms with Gasteiger partial charge in [0.15, 0.2) is 0 Å². The number of nitrogens with zero attached hydrogens (tertiary/aromatic N) is 4. The molecule has 0 aromatic heterocycles. The average Bonchev–Trinajstić information content (AvgIpc) is 3.29. The van der Waals surface area contributed by atoms with Crippen LogP contribution in [0.25, 0.3) is 0 Å². The minimum absolute atomic E-state index is 0.0122. The molecule has 2 rings (SSSR count). The van der Waals surface area contributed by atoms with Gasteiger partial charge >= 0.3 is 0 Å². The summed E-state index contributed by atoms with van der Waals surface area (Å²) >= 11 is 0. The standard InChI is InChI=1S/C28H56N4O2/c1-29(27(33)17-25-31(3)21-13-7-8-14-22-31)19-11-5-6-12-20-30(2)28(34)18-26-32(4)23-15-9-10-16-24-32/h5-26H2,1-4H3/q+2/i3D3,4D3. The van der Waals surface area contributed by atoms with E-state index < -0.39 is 14.0 Å². The monoisotopic (exact) mass is 486 g/mol. The lowest BCUT2D eigenvalue weighted by Gasteiger charge is -2.33. The molecule has 0 bridgehead atoms. The van der Waals surface area contributed by atoms with Gasteiger partial charge in [-0.3, -0.25) is 9.59 Å². The normalized spacial score (nSPS) is 23.6. The molecule has 2 aliphatic rings. The quantitative estimate of drug-likeness (QED) is 0.288. The summed E-state index contributed by atoms with van der Waals surface area (Å²) in [6.07, 6.45) is 12.1. The Kier molecular flexibility index (Phi) is 9.31. The van der Waals surface area contributed by atoms with Gasteiger partial charge in [-0.25, -0.2) is 0 Å². The number of amides is 2. The van der Waals surface area contributed by atoms with Crippen LogP contribution in [0.1, 0.15) is 98.1 Å². The summed E-state index contributed by atoms with van der Waals surface area (Å²) in [6, 6.07) is 0. The van der Waals surface area contributed by atoms with Gasteiger partial charge in [-0.2, -0.15) is 0 Å². The minimum Gasteiger partial charge on any atom is -0.346 e. The van der Waals surface area contributed by atoms with E-state index in [9.17, 15) is 9.59 Å². The highest BCUT2D eigenvalue weighted by atomic mass is 16.2. The number of quaternary nitrogens is 2. The first-order chi connectivity index (χ1) is 18.7. The predicted octanol–water partition coefficient (Wildman–Crippen LogP) is 4.29. The molecule has 2 heterocycles. The first kappa shape index (κ1) is 21.0. The van der Waals surface area contributed by atoms with Gasteiger partial charge in [-0.15, -0.1) is 0 Å². The van der Waals surface area contributed by atoms with Crippen LogP contribution in [0.4, 0.5) is 0 Å². The molecule has 0 aliphatic carbocycles. The van der Waals surface area contributed by atoms with Crippen molar-refractivity contribution in [1.29, 1.82) is 0 Å². The third-order valence-corrected chi connectivity index (χ3v) is 7.94.